The van der Waals surface area contributed by atoms with Gasteiger partial charge in [0, 0.05) is 49.2 Å². The lowest BCUT2D eigenvalue weighted by molar-refractivity contribution is -0.385. The van der Waals surface area contributed by atoms with Gasteiger partial charge in [0.2, 0.25) is 10.0 Å². The SMILES string of the molecule is Cc1cc(C(=O)NCC2CCN(S(=O)(=O)c3cccnc3)CC2)ccc1[N+](=O)[O-]. The molecule has 154 valence electrons. The molecule has 10 heteroatoms. The number of nitro groups is 1. The molecule has 1 N–H and O–H groups in total. The van der Waals surface area contributed by atoms with Gasteiger partial charge in [-0.05, 0) is 49.9 Å². The van der Waals surface area contributed by atoms with E-state index in [-0.39, 0.29) is 22.4 Å². The molecule has 9 nitrogen and oxygen atoms in total. The Bertz CT molecular complexity index is 1000. The highest BCUT2D eigenvalue weighted by atomic mass is 32.2. The minimum atomic E-state index is -3.55. The van der Waals surface area contributed by atoms with Crippen LogP contribution >= 0.6 is 0 Å². The Balaban J connectivity index is 1.53. The first-order chi connectivity index (χ1) is 13.8. The Hall–Kier alpha value is -2.85. The molecule has 3 rings (SSSR count). The fourth-order valence-corrected chi connectivity index (χ4v) is 4.78. The highest BCUT2D eigenvalue weighted by molar-refractivity contribution is 7.89. The summed E-state index contributed by atoms with van der Waals surface area (Å²) in [5, 5.41) is 13.7. The molecule has 1 amide bonds. The molecule has 2 heterocycles. The van der Waals surface area contributed by atoms with Crippen molar-refractivity contribution in [1.82, 2.24) is 14.6 Å². The molecular formula is C19H22N4O5S. The van der Waals surface area contributed by atoms with Crippen LogP contribution in [0.3, 0.4) is 0 Å². The number of aromatic nitrogens is 1. The predicted octanol–water partition coefficient (Wildman–Crippen LogP) is 2.13. The van der Waals surface area contributed by atoms with Gasteiger partial charge >= 0.3 is 0 Å². The third kappa shape index (κ3) is 4.77. The number of sulfonamides is 1. The van der Waals surface area contributed by atoms with Crippen LogP contribution in [-0.4, -0.2) is 48.2 Å². The summed E-state index contributed by atoms with van der Waals surface area (Å²) in [7, 11) is -3.55. The van der Waals surface area contributed by atoms with Gasteiger partial charge in [-0.2, -0.15) is 4.31 Å². The molecule has 1 aliphatic rings. The predicted molar refractivity (Wildman–Crippen MR) is 106 cm³/mol. The monoisotopic (exact) mass is 418 g/mol. The van der Waals surface area contributed by atoms with Gasteiger partial charge in [-0.1, -0.05) is 0 Å². The molecule has 0 spiro atoms. The molecule has 2 aromatic rings. The Morgan fingerprint density at radius 2 is 2.03 bits per heavy atom. The highest BCUT2D eigenvalue weighted by Gasteiger charge is 2.29. The van der Waals surface area contributed by atoms with Gasteiger partial charge in [-0.3, -0.25) is 19.9 Å². The van der Waals surface area contributed by atoms with Crippen LogP contribution in [0.1, 0.15) is 28.8 Å². The number of benzene rings is 1. The van der Waals surface area contributed by atoms with Crippen LogP contribution in [-0.2, 0) is 10.0 Å². The van der Waals surface area contributed by atoms with Gasteiger partial charge < -0.3 is 5.32 Å². The van der Waals surface area contributed by atoms with Crippen molar-refractivity contribution in [2.24, 2.45) is 5.92 Å². The number of rotatable bonds is 6. The summed E-state index contributed by atoms with van der Waals surface area (Å²) >= 11 is 0. The maximum atomic E-state index is 12.6. The summed E-state index contributed by atoms with van der Waals surface area (Å²) in [5.74, 6) is -0.133. The van der Waals surface area contributed by atoms with Crippen molar-refractivity contribution in [2.75, 3.05) is 19.6 Å². The van der Waals surface area contributed by atoms with Gasteiger partial charge in [-0.15, -0.1) is 0 Å². The lowest BCUT2D eigenvalue weighted by Crippen LogP contribution is -2.41. The van der Waals surface area contributed by atoms with E-state index >= 15 is 0 Å². The molecule has 0 aliphatic carbocycles. The topological polar surface area (TPSA) is 123 Å². The smallest absolute Gasteiger partial charge is 0.272 e. The summed E-state index contributed by atoms with van der Waals surface area (Å²) in [6.45, 7) is 2.78. The zero-order valence-electron chi connectivity index (χ0n) is 15.9. The fourth-order valence-electron chi connectivity index (χ4n) is 3.34. The second-order valence-corrected chi connectivity index (χ2v) is 8.94. The van der Waals surface area contributed by atoms with Crippen molar-refractivity contribution in [3.8, 4) is 0 Å². The summed E-state index contributed by atoms with van der Waals surface area (Å²) in [4.78, 5) is 26.8. The zero-order valence-corrected chi connectivity index (χ0v) is 16.8. The number of hydrogen-bond donors (Lipinski definition) is 1. The molecule has 0 bridgehead atoms. The normalized spacial score (nSPS) is 15.8. The van der Waals surface area contributed by atoms with E-state index < -0.39 is 14.9 Å². The average Bonchev–Trinajstić information content (AvgIpc) is 2.72. The molecule has 1 saturated heterocycles. The standard InChI is InChI=1S/C19H22N4O5S/c1-14-11-16(4-5-18(14)23(25)26)19(24)21-12-15-6-9-22(10-7-15)29(27,28)17-3-2-8-20-13-17/h2-5,8,11,13,15H,6-7,9-10,12H2,1H3,(H,21,24). The number of nitrogens with one attached hydrogen (secondary N) is 1. The van der Waals surface area contributed by atoms with Crippen molar-refractivity contribution in [2.45, 2.75) is 24.7 Å². The van der Waals surface area contributed by atoms with Crippen LogP contribution in [0, 0.1) is 23.0 Å². The fraction of sp³-hybridized carbons (Fsp3) is 0.368. The lowest BCUT2D eigenvalue weighted by Gasteiger charge is -2.31. The van der Waals surface area contributed by atoms with Crippen LogP contribution in [0.5, 0.6) is 0 Å². The number of piperidine rings is 1. The Morgan fingerprint density at radius 3 is 2.62 bits per heavy atom. The van der Waals surface area contributed by atoms with Gasteiger partial charge in [0.05, 0.1) is 4.92 Å². The number of carbonyl (C=O) groups is 1. The maximum Gasteiger partial charge on any atom is 0.272 e. The van der Waals surface area contributed by atoms with E-state index in [1.54, 1.807) is 13.0 Å². The van der Waals surface area contributed by atoms with Crippen molar-refractivity contribution in [3.63, 3.8) is 0 Å². The molecule has 0 atom stereocenters. The molecule has 29 heavy (non-hydrogen) atoms. The number of aryl methyl sites for hydroxylation is 1. The third-order valence-corrected chi connectivity index (χ3v) is 6.93. The first kappa shape index (κ1) is 20.9. The Labute approximate surface area is 169 Å². The van der Waals surface area contributed by atoms with E-state index in [0.717, 1.165) is 0 Å². The Morgan fingerprint density at radius 1 is 1.31 bits per heavy atom. The lowest BCUT2D eigenvalue weighted by atomic mass is 9.98. The minimum Gasteiger partial charge on any atom is -0.352 e. The van der Waals surface area contributed by atoms with Crippen molar-refractivity contribution in [1.29, 1.82) is 0 Å². The third-order valence-electron chi connectivity index (χ3n) is 5.05. The zero-order chi connectivity index (χ0) is 21.0. The molecular weight excluding hydrogens is 396 g/mol. The Kier molecular flexibility index (Phi) is 6.23. The second-order valence-electron chi connectivity index (χ2n) is 7.00. The molecule has 0 radical (unpaired) electrons. The molecule has 1 aromatic carbocycles. The quantitative estimate of drug-likeness (QED) is 0.566. The largest absolute Gasteiger partial charge is 0.352 e. The highest BCUT2D eigenvalue weighted by Crippen LogP contribution is 2.23. The number of carbonyl (C=O) groups excluding carboxylic acids is 1. The molecule has 1 fully saturated rings. The number of pyridine rings is 1. The van der Waals surface area contributed by atoms with E-state index in [4.69, 9.17) is 0 Å². The van der Waals surface area contributed by atoms with Crippen LogP contribution < -0.4 is 5.32 Å². The summed E-state index contributed by atoms with van der Waals surface area (Å²) in [6, 6.07) is 7.38. The van der Waals surface area contributed by atoms with Gasteiger partial charge in [0.1, 0.15) is 4.90 Å². The molecule has 0 unspecified atom stereocenters. The first-order valence-electron chi connectivity index (χ1n) is 9.22. The van der Waals surface area contributed by atoms with Crippen LogP contribution in [0.15, 0.2) is 47.6 Å². The van der Waals surface area contributed by atoms with E-state index in [9.17, 15) is 23.3 Å². The summed E-state index contributed by atoms with van der Waals surface area (Å²) < 4.78 is 26.7. The maximum absolute atomic E-state index is 12.6. The van der Waals surface area contributed by atoms with E-state index in [0.29, 0.717) is 43.6 Å². The summed E-state index contributed by atoms with van der Waals surface area (Å²) in [6.07, 6.45) is 4.15. The second kappa shape index (κ2) is 8.66. The van der Waals surface area contributed by atoms with Crippen LogP contribution in [0.4, 0.5) is 5.69 Å². The van der Waals surface area contributed by atoms with E-state index in [2.05, 4.69) is 10.3 Å². The van der Waals surface area contributed by atoms with Gasteiger partial charge in [0.15, 0.2) is 0 Å². The first-order valence-corrected chi connectivity index (χ1v) is 10.7. The van der Waals surface area contributed by atoms with Crippen molar-refractivity contribution in [3.05, 3.63) is 64.0 Å². The number of hydrogen-bond acceptors (Lipinski definition) is 6. The van der Waals surface area contributed by atoms with E-state index in [1.165, 1.54) is 41.0 Å². The van der Waals surface area contributed by atoms with Crippen LogP contribution in [0.25, 0.3) is 0 Å². The molecule has 1 aromatic heterocycles. The van der Waals surface area contributed by atoms with Crippen molar-refractivity contribution < 1.29 is 18.1 Å². The number of nitrogens with zero attached hydrogens (tertiary/aromatic N) is 3. The average molecular weight is 418 g/mol. The summed E-state index contributed by atoms with van der Waals surface area (Å²) in [5.41, 5.74) is 0.769. The molecule has 1 aliphatic heterocycles. The van der Waals surface area contributed by atoms with Crippen LogP contribution in [0.2, 0.25) is 0 Å². The number of nitro benzene ring substituents is 1. The molecule has 0 saturated carbocycles. The van der Waals surface area contributed by atoms with Gasteiger partial charge in [0.25, 0.3) is 11.6 Å². The number of amides is 1. The van der Waals surface area contributed by atoms with Crippen molar-refractivity contribution >= 4 is 21.6 Å². The van der Waals surface area contributed by atoms with Gasteiger partial charge in [-0.25, -0.2) is 8.42 Å². The minimum absolute atomic E-state index is 0.0243. The van der Waals surface area contributed by atoms with E-state index in [1.807, 2.05) is 0 Å².